The van der Waals surface area contributed by atoms with E-state index in [2.05, 4.69) is 4.90 Å². The summed E-state index contributed by atoms with van der Waals surface area (Å²) in [6.07, 6.45) is 0.0411. The van der Waals surface area contributed by atoms with E-state index in [1.54, 1.807) is 6.07 Å². The molecule has 1 N–H and O–H groups in total. The van der Waals surface area contributed by atoms with Gasteiger partial charge in [-0.05, 0) is 35.9 Å². The van der Waals surface area contributed by atoms with Crippen molar-refractivity contribution >= 4 is 5.97 Å². The monoisotopic (exact) mass is 287 g/mol. The van der Waals surface area contributed by atoms with Gasteiger partial charge in [0.15, 0.2) is 0 Å². The summed E-state index contributed by atoms with van der Waals surface area (Å²) in [6, 6.07) is 14.1. The van der Waals surface area contributed by atoms with Crippen LogP contribution < -0.4 is 0 Å². The molecular weight excluding hydrogens is 269 g/mol. The number of halogens is 1. The topological polar surface area (TPSA) is 40.5 Å². The van der Waals surface area contributed by atoms with E-state index < -0.39 is 5.97 Å². The van der Waals surface area contributed by atoms with Crippen LogP contribution in [0.25, 0.3) is 0 Å². The van der Waals surface area contributed by atoms with E-state index in [-0.39, 0.29) is 12.2 Å². The number of carbonyl (C=O) groups is 1. The maximum absolute atomic E-state index is 13.1. The molecule has 0 spiro atoms. The van der Waals surface area contributed by atoms with Crippen LogP contribution in [0.4, 0.5) is 4.39 Å². The summed E-state index contributed by atoms with van der Waals surface area (Å²) in [5.74, 6) is -1.05. The Morgan fingerprint density at radius 3 is 2.29 bits per heavy atom. The molecule has 3 nitrogen and oxygen atoms in total. The number of benzene rings is 2. The first kappa shape index (κ1) is 15.2. The fourth-order valence-corrected chi connectivity index (χ4v) is 2.25. The Balaban J connectivity index is 1.93. The Hall–Kier alpha value is -2.20. The summed E-state index contributed by atoms with van der Waals surface area (Å²) in [7, 11) is 1.97. The zero-order valence-electron chi connectivity index (χ0n) is 11.9. The van der Waals surface area contributed by atoms with Gasteiger partial charge in [-0.2, -0.15) is 0 Å². The summed E-state index contributed by atoms with van der Waals surface area (Å²) in [6.45, 7) is 1.39. The van der Waals surface area contributed by atoms with Crippen molar-refractivity contribution < 1.29 is 14.3 Å². The van der Waals surface area contributed by atoms with E-state index in [4.69, 9.17) is 5.11 Å². The molecule has 0 saturated carbocycles. The molecule has 0 bridgehead atoms. The van der Waals surface area contributed by atoms with Gasteiger partial charge in [-0.15, -0.1) is 0 Å². The fraction of sp³-hybridized carbons (Fsp3) is 0.235. The zero-order valence-corrected chi connectivity index (χ0v) is 11.9. The second-order valence-corrected chi connectivity index (χ2v) is 5.19. The zero-order chi connectivity index (χ0) is 15.2. The maximum atomic E-state index is 13.1. The van der Waals surface area contributed by atoms with Gasteiger partial charge in [0.05, 0.1) is 6.42 Å². The van der Waals surface area contributed by atoms with Crippen molar-refractivity contribution in [2.24, 2.45) is 0 Å². The average molecular weight is 287 g/mol. The molecule has 0 aromatic heterocycles. The molecule has 0 aliphatic carbocycles. The standard InChI is InChI=1S/C17H18FNO2/c1-19(12-15-3-2-4-16(18)9-15)11-14-7-5-13(6-8-14)10-17(20)21/h2-9H,10-12H2,1H3,(H,20,21). The third kappa shape index (κ3) is 5.00. The predicted molar refractivity (Wildman–Crippen MR) is 79.4 cm³/mol. The van der Waals surface area contributed by atoms with Gasteiger partial charge in [-0.3, -0.25) is 9.69 Å². The lowest BCUT2D eigenvalue weighted by atomic mass is 10.1. The van der Waals surface area contributed by atoms with Crippen LogP contribution in [-0.2, 0) is 24.3 Å². The normalized spacial score (nSPS) is 10.8. The molecule has 0 saturated heterocycles. The van der Waals surface area contributed by atoms with Crippen molar-refractivity contribution in [3.05, 3.63) is 71.0 Å². The van der Waals surface area contributed by atoms with Crippen LogP contribution in [-0.4, -0.2) is 23.0 Å². The van der Waals surface area contributed by atoms with Gasteiger partial charge in [-0.1, -0.05) is 36.4 Å². The molecule has 0 amide bonds. The minimum absolute atomic E-state index is 0.0411. The highest BCUT2D eigenvalue weighted by Gasteiger charge is 2.04. The number of hydrogen-bond acceptors (Lipinski definition) is 2. The van der Waals surface area contributed by atoms with Crippen LogP contribution in [0.2, 0.25) is 0 Å². The molecule has 0 unspecified atom stereocenters. The predicted octanol–water partition coefficient (Wildman–Crippen LogP) is 3.08. The molecule has 0 atom stereocenters. The first-order chi connectivity index (χ1) is 10.0. The van der Waals surface area contributed by atoms with Crippen molar-refractivity contribution in [2.75, 3.05) is 7.05 Å². The Kier molecular flexibility index (Phi) is 5.06. The molecule has 2 rings (SSSR count). The summed E-state index contributed by atoms with van der Waals surface area (Å²) in [5, 5.41) is 8.73. The fourth-order valence-electron chi connectivity index (χ4n) is 2.25. The second kappa shape index (κ2) is 6.99. The largest absolute Gasteiger partial charge is 0.481 e. The van der Waals surface area contributed by atoms with Gasteiger partial charge >= 0.3 is 5.97 Å². The smallest absolute Gasteiger partial charge is 0.307 e. The third-order valence-corrected chi connectivity index (χ3v) is 3.17. The van der Waals surface area contributed by atoms with E-state index in [0.29, 0.717) is 6.54 Å². The molecule has 2 aromatic rings. The van der Waals surface area contributed by atoms with Crippen LogP contribution >= 0.6 is 0 Å². The molecule has 0 aliphatic heterocycles. The van der Waals surface area contributed by atoms with Crippen molar-refractivity contribution in [3.8, 4) is 0 Å². The minimum Gasteiger partial charge on any atom is -0.481 e. The summed E-state index contributed by atoms with van der Waals surface area (Å²) in [5.41, 5.74) is 2.82. The Morgan fingerprint density at radius 2 is 1.67 bits per heavy atom. The SMILES string of the molecule is CN(Cc1ccc(CC(=O)O)cc1)Cc1cccc(F)c1. The number of rotatable bonds is 6. The lowest BCUT2D eigenvalue weighted by molar-refractivity contribution is -0.136. The van der Waals surface area contributed by atoms with Crippen molar-refractivity contribution in [3.63, 3.8) is 0 Å². The van der Waals surface area contributed by atoms with Gasteiger partial charge in [0.25, 0.3) is 0 Å². The lowest BCUT2D eigenvalue weighted by Gasteiger charge is -2.17. The number of aliphatic carboxylic acids is 1. The minimum atomic E-state index is -0.828. The van der Waals surface area contributed by atoms with E-state index in [0.717, 1.165) is 23.2 Å². The number of hydrogen-bond donors (Lipinski definition) is 1. The molecule has 0 radical (unpaired) electrons. The van der Waals surface area contributed by atoms with Gasteiger partial charge in [-0.25, -0.2) is 4.39 Å². The lowest BCUT2D eigenvalue weighted by Crippen LogP contribution is -2.17. The van der Waals surface area contributed by atoms with Crippen molar-refractivity contribution in [2.45, 2.75) is 19.5 Å². The highest BCUT2D eigenvalue weighted by atomic mass is 19.1. The van der Waals surface area contributed by atoms with Crippen LogP contribution in [0.15, 0.2) is 48.5 Å². The first-order valence-electron chi connectivity index (χ1n) is 6.75. The quantitative estimate of drug-likeness (QED) is 0.887. The van der Waals surface area contributed by atoms with E-state index >= 15 is 0 Å². The van der Waals surface area contributed by atoms with Crippen LogP contribution in [0.3, 0.4) is 0 Å². The van der Waals surface area contributed by atoms with E-state index in [1.165, 1.54) is 12.1 Å². The van der Waals surface area contributed by atoms with Crippen molar-refractivity contribution in [1.29, 1.82) is 0 Å². The second-order valence-electron chi connectivity index (χ2n) is 5.19. The van der Waals surface area contributed by atoms with Gasteiger partial charge in [0, 0.05) is 13.1 Å². The molecule has 0 fully saturated rings. The molecule has 21 heavy (non-hydrogen) atoms. The maximum Gasteiger partial charge on any atom is 0.307 e. The highest BCUT2D eigenvalue weighted by Crippen LogP contribution is 2.11. The summed E-state index contributed by atoms with van der Waals surface area (Å²) in [4.78, 5) is 12.7. The van der Waals surface area contributed by atoms with Crippen LogP contribution in [0.5, 0.6) is 0 Å². The Bertz CT molecular complexity index is 610. The van der Waals surface area contributed by atoms with Crippen molar-refractivity contribution in [1.82, 2.24) is 4.90 Å². The highest BCUT2D eigenvalue weighted by molar-refractivity contribution is 5.70. The molecule has 0 heterocycles. The summed E-state index contributed by atoms with van der Waals surface area (Å²) < 4.78 is 13.1. The van der Waals surface area contributed by atoms with E-state index in [1.807, 2.05) is 37.4 Å². The molecule has 0 aliphatic rings. The first-order valence-corrected chi connectivity index (χ1v) is 6.75. The number of carboxylic acid groups (broad SMARTS) is 1. The van der Waals surface area contributed by atoms with Gasteiger partial charge in [0.2, 0.25) is 0 Å². The van der Waals surface area contributed by atoms with Gasteiger partial charge < -0.3 is 5.11 Å². The summed E-state index contributed by atoms with van der Waals surface area (Å²) >= 11 is 0. The van der Waals surface area contributed by atoms with Crippen LogP contribution in [0, 0.1) is 5.82 Å². The third-order valence-electron chi connectivity index (χ3n) is 3.17. The molecule has 110 valence electrons. The number of nitrogens with zero attached hydrogens (tertiary/aromatic N) is 1. The van der Waals surface area contributed by atoms with Crippen LogP contribution in [0.1, 0.15) is 16.7 Å². The average Bonchev–Trinajstić information content (AvgIpc) is 2.40. The molecular formula is C17H18FNO2. The molecule has 2 aromatic carbocycles. The number of carboxylic acids is 1. The van der Waals surface area contributed by atoms with Gasteiger partial charge in [0.1, 0.15) is 5.82 Å². The molecule has 4 heteroatoms. The Morgan fingerprint density at radius 1 is 1.05 bits per heavy atom. The Labute approximate surface area is 123 Å². The van der Waals surface area contributed by atoms with E-state index in [9.17, 15) is 9.18 Å².